The number of phosphoric acid groups is 1. The van der Waals surface area contributed by atoms with E-state index >= 15 is 0 Å². The summed E-state index contributed by atoms with van der Waals surface area (Å²) in [6.45, 7) is 3.19. The normalized spacial score (nSPS) is 14.3. The summed E-state index contributed by atoms with van der Waals surface area (Å²) < 4.78 is 19.0. The van der Waals surface area contributed by atoms with Crippen molar-refractivity contribution in [2.75, 3.05) is 7.11 Å². The first-order valence-corrected chi connectivity index (χ1v) is 5.12. The molecule has 0 spiro atoms. The smallest absolute Gasteiger partial charge is 0.467 e. The summed E-state index contributed by atoms with van der Waals surface area (Å²) >= 11 is 0. The molecule has 0 aliphatic rings. The minimum atomic E-state index is -4.64. The van der Waals surface area contributed by atoms with Crippen LogP contribution in [-0.2, 0) is 18.6 Å². The minimum absolute atomic E-state index is 0.361. The van der Waals surface area contributed by atoms with Crippen LogP contribution in [0.15, 0.2) is 0 Å². The maximum Gasteiger partial charge on any atom is 0.470 e. The molecule has 1 unspecified atom stereocenters. The fourth-order valence-electron chi connectivity index (χ4n) is 0.701. The standard InChI is InChI=1S/C6H13O6P/c1-4(2)5(6(7)11-3)12-13(8,9)10/h4-5H,1-3H3,(H2,8,9,10). The maximum atomic E-state index is 10.9. The molecule has 0 heterocycles. The van der Waals surface area contributed by atoms with E-state index in [9.17, 15) is 9.36 Å². The molecule has 0 amide bonds. The van der Waals surface area contributed by atoms with Crippen molar-refractivity contribution < 1.29 is 28.4 Å². The van der Waals surface area contributed by atoms with E-state index in [-0.39, 0.29) is 5.92 Å². The number of methoxy groups -OCH3 is 1. The minimum Gasteiger partial charge on any atom is -0.467 e. The van der Waals surface area contributed by atoms with Crippen LogP contribution >= 0.6 is 7.82 Å². The van der Waals surface area contributed by atoms with E-state index in [1.54, 1.807) is 13.8 Å². The van der Waals surface area contributed by atoms with E-state index in [0.29, 0.717) is 0 Å². The number of rotatable bonds is 4. The topological polar surface area (TPSA) is 93.1 Å². The Hall–Kier alpha value is -0.420. The SMILES string of the molecule is COC(=O)C(OP(=O)(O)O)C(C)C. The summed E-state index contributed by atoms with van der Waals surface area (Å²) in [4.78, 5) is 27.9. The van der Waals surface area contributed by atoms with Crippen LogP contribution in [0.4, 0.5) is 0 Å². The van der Waals surface area contributed by atoms with Gasteiger partial charge in [-0.05, 0) is 5.92 Å². The van der Waals surface area contributed by atoms with Crippen molar-refractivity contribution in [2.24, 2.45) is 5.92 Å². The quantitative estimate of drug-likeness (QED) is 0.514. The van der Waals surface area contributed by atoms with E-state index < -0.39 is 19.9 Å². The molecule has 7 heteroatoms. The van der Waals surface area contributed by atoms with Crippen LogP contribution < -0.4 is 0 Å². The van der Waals surface area contributed by atoms with Crippen molar-refractivity contribution in [1.29, 1.82) is 0 Å². The second-order valence-corrected chi connectivity index (χ2v) is 3.98. The van der Waals surface area contributed by atoms with Crippen LogP contribution in [-0.4, -0.2) is 29.0 Å². The third kappa shape index (κ3) is 5.00. The Morgan fingerprint density at radius 1 is 1.38 bits per heavy atom. The molecule has 0 saturated carbocycles. The van der Waals surface area contributed by atoms with Gasteiger partial charge in [0.2, 0.25) is 0 Å². The Morgan fingerprint density at radius 2 is 1.85 bits per heavy atom. The molecule has 0 fully saturated rings. The van der Waals surface area contributed by atoms with Crippen LogP contribution in [0.2, 0.25) is 0 Å². The highest BCUT2D eigenvalue weighted by Crippen LogP contribution is 2.39. The van der Waals surface area contributed by atoms with Crippen molar-refractivity contribution >= 4 is 13.8 Å². The zero-order valence-electron chi connectivity index (χ0n) is 7.63. The van der Waals surface area contributed by atoms with Crippen LogP contribution in [0, 0.1) is 5.92 Å². The molecule has 0 aliphatic heterocycles. The molecule has 0 saturated heterocycles. The lowest BCUT2D eigenvalue weighted by atomic mass is 10.1. The van der Waals surface area contributed by atoms with Crippen molar-refractivity contribution in [2.45, 2.75) is 20.0 Å². The number of carbonyl (C=O) groups excluding carboxylic acids is 1. The average molecular weight is 212 g/mol. The lowest BCUT2D eigenvalue weighted by Gasteiger charge is -2.18. The molecule has 1 atom stereocenters. The maximum absolute atomic E-state index is 10.9. The molecule has 2 N–H and O–H groups in total. The van der Waals surface area contributed by atoms with Gasteiger partial charge < -0.3 is 14.5 Å². The first-order chi connectivity index (χ1) is 5.78. The van der Waals surface area contributed by atoms with Gasteiger partial charge in [0, 0.05) is 0 Å². The van der Waals surface area contributed by atoms with Crippen molar-refractivity contribution in [1.82, 2.24) is 0 Å². The molecule has 0 aromatic heterocycles. The zero-order valence-corrected chi connectivity index (χ0v) is 8.52. The highest BCUT2D eigenvalue weighted by atomic mass is 31.2. The lowest BCUT2D eigenvalue weighted by Crippen LogP contribution is -2.29. The summed E-state index contributed by atoms with van der Waals surface area (Å²) in [5, 5.41) is 0. The largest absolute Gasteiger partial charge is 0.470 e. The highest BCUT2D eigenvalue weighted by Gasteiger charge is 2.31. The third-order valence-electron chi connectivity index (χ3n) is 1.29. The van der Waals surface area contributed by atoms with E-state index in [1.165, 1.54) is 0 Å². The predicted octanol–water partition coefficient (Wildman–Crippen LogP) is 0.293. The summed E-state index contributed by atoms with van der Waals surface area (Å²) in [7, 11) is -3.52. The summed E-state index contributed by atoms with van der Waals surface area (Å²) in [5.41, 5.74) is 0. The molecule has 6 nitrogen and oxygen atoms in total. The monoisotopic (exact) mass is 212 g/mol. The van der Waals surface area contributed by atoms with Gasteiger partial charge in [0.1, 0.15) is 0 Å². The molecule has 0 bridgehead atoms. The third-order valence-corrected chi connectivity index (χ3v) is 1.79. The fraction of sp³-hybridized carbons (Fsp3) is 0.833. The molecule has 0 aromatic rings. The van der Waals surface area contributed by atoms with E-state index in [2.05, 4.69) is 9.26 Å². The van der Waals surface area contributed by atoms with Gasteiger partial charge in [-0.2, -0.15) is 0 Å². The Labute approximate surface area is 76.1 Å². The predicted molar refractivity (Wildman–Crippen MR) is 43.8 cm³/mol. The van der Waals surface area contributed by atoms with Crippen LogP contribution in [0.5, 0.6) is 0 Å². The molecule has 0 radical (unpaired) electrons. The van der Waals surface area contributed by atoms with Gasteiger partial charge in [-0.1, -0.05) is 13.8 Å². The Balaban J connectivity index is 4.45. The Bertz CT molecular complexity index is 219. The lowest BCUT2D eigenvalue weighted by molar-refractivity contribution is -0.151. The number of phosphoric ester groups is 1. The van der Waals surface area contributed by atoms with Crippen LogP contribution in [0.1, 0.15) is 13.8 Å². The summed E-state index contributed by atoms with van der Waals surface area (Å²) in [6, 6.07) is 0. The summed E-state index contributed by atoms with van der Waals surface area (Å²) in [6.07, 6.45) is -1.23. The Kier molecular flexibility index (Phi) is 4.56. The number of esters is 1. The second kappa shape index (κ2) is 4.72. The molecule has 0 aromatic carbocycles. The number of hydrogen-bond donors (Lipinski definition) is 2. The molecule has 13 heavy (non-hydrogen) atoms. The van der Waals surface area contributed by atoms with E-state index in [0.717, 1.165) is 7.11 Å². The van der Waals surface area contributed by atoms with Gasteiger partial charge in [-0.15, -0.1) is 0 Å². The van der Waals surface area contributed by atoms with Crippen LogP contribution in [0.25, 0.3) is 0 Å². The van der Waals surface area contributed by atoms with Gasteiger partial charge in [0.15, 0.2) is 6.10 Å². The van der Waals surface area contributed by atoms with Gasteiger partial charge in [-0.3, -0.25) is 4.52 Å². The van der Waals surface area contributed by atoms with Gasteiger partial charge in [0.25, 0.3) is 0 Å². The number of carbonyl (C=O) groups is 1. The first kappa shape index (κ1) is 12.6. The fourth-order valence-corrected chi connectivity index (χ4v) is 1.33. The van der Waals surface area contributed by atoms with Crippen molar-refractivity contribution in [3.8, 4) is 0 Å². The zero-order chi connectivity index (χ0) is 10.6. The van der Waals surface area contributed by atoms with Gasteiger partial charge >= 0.3 is 13.8 Å². The summed E-state index contributed by atoms with van der Waals surface area (Å²) in [5.74, 6) is -1.15. The second-order valence-electron chi connectivity index (χ2n) is 2.78. The molecule has 0 aliphatic carbocycles. The first-order valence-electron chi connectivity index (χ1n) is 3.59. The van der Waals surface area contributed by atoms with Crippen LogP contribution in [0.3, 0.4) is 0 Å². The Morgan fingerprint density at radius 3 is 2.08 bits per heavy atom. The van der Waals surface area contributed by atoms with E-state index in [4.69, 9.17) is 9.79 Å². The molecular weight excluding hydrogens is 199 g/mol. The molecular formula is C6H13O6P. The number of hydrogen-bond acceptors (Lipinski definition) is 4. The van der Waals surface area contributed by atoms with Crippen molar-refractivity contribution in [3.63, 3.8) is 0 Å². The highest BCUT2D eigenvalue weighted by molar-refractivity contribution is 7.46. The van der Waals surface area contributed by atoms with E-state index in [1.807, 2.05) is 0 Å². The van der Waals surface area contributed by atoms with Gasteiger partial charge in [-0.25, -0.2) is 9.36 Å². The van der Waals surface area contributed by atoms with Gasteiger partial charge in [0.05, 0.1) is 7.11 Å². The molecule has 78 valence electrons. The average Bonchev–Trinajstić information content (AvgIpc) is 1.96. The molecule has 0 rings (SSSR count). The van der Waals surface area contributed by atoms with Crippen molar-refractivity contribution in [3.05, 3.63) is 0 Å². The number of ether oxygens (including phenoxy) is 1.